The fourth-order valence-electron chi connectivity index (χ4n) is 3.04. The summed E-state index contributed by atoms with van der Waals surface area (Å²) in [4.78, 5) is 12.3. The first-order valence-corrected chi connectivity index (χ1v) is 10.7. The van der Waals surface area contributed by atoms with Crippen LogP contribution in [0.5, 0.6) is 11.5 Å². The predicted octanol–water partition coefficient (Wildman–Crippen LogP) is 4.23. The van der Waals surface area contributed by atoms with E-state index in [1.165, 1.54) is 11.8 Å². The van der Waals surface area contributed by atoms with Gasteiger partial charge in [-0.05, 0) is 44.0 Å². The maximum absolute atomic E-state index is 12.3. The molecule has 7 nitrogen and oxygen atoms in total. The molecule has 2 aromatic carbocycles. The van der Waals surface area contributed by atoms with Crippen LogP contribution in [0, 0.1) is 13.8 Å². The molecule has 0 fully saturated rings. The fraction of sp³-hybridized carbons (Fsp3) is 0.318. The smallest absolute Gasteiger partial charge is 0.234 e. The Labute approximate surface area is 180 Å². The molecule has 0 spiro atoms. The zero-order valence-corrected chi connectivity index (χ0v) is 18.5. The molecule has 0 atom stereocenters. The highest BCUT2D eigenvalue weighted by molar-refractivity contribution is 7.99. The van der Waals surface area contributed by atoms with Gasteiger partial charge in [0.05, 0.1) is 12.9 Å². The number of thioether (sulfide) groups is 1. The van der Waals surface area contributed by atoms with E-state index in [0.29, 0.717) is 29.7 Å². The highest BCUT2D eigenvalue weighted by Gasteiger charge is 2.15. The number of nitrogens with zero attached hydrogens (tertiary/aromatic N) is 3. The number of hydrogen-bond donors (Lipinski definition) is 1. The monoisotopic (exact) mass is 426 g/mol. The lowest BCUT2D eigenvalue weighted by molar-refractivity contribution is -0.113. The highest BCUT2D eigenvalue weighted by Crippen LogP contribution is 2.24. The molecule has 0 saturated heterocycles. The summed E-state index contributed by atoms with van der Waals surface area (Å²) < 4.78 is 13.2. The zero-order chi connectivity index (χ0) is 21.5. The van der Waals surface area contributed by atoms with Crippen molar-refractivity contribution in [3.8, 4) is 11.5 Å². The summed E-state index contributed by atoms with van der Waals surface area (Å²) in [6.07, 6.45) is 0. The molecule has 0 bridgehead atoms. The van der Waals surface area contributed by atoms with Crippen molar-refractivity contribution >= 4 is 23.4 Å². The lowest BCUT2D eigenvalue weighted by atomic mass is 10.1. The molecule has 1 heterocycles. The number of amides is 1. The zero-order valence-electron chi connectivity index (χ0n) is 17.6. The Morgan fingerprint density at radius 3 is 2.57 bits per heavy atom. The Morgan fingerprint density at radius 2 is 1.87 bits per heavy atom. The van der Waals surface area contributed by atoms with Crippen molar-refractivity contribution in [3.63, 3.8) is 0 Å². The minimum atomic E-state index is -0.118. The number of carbonyl (C=O) groups is 1. The van der Waals surface area contributed by atoms with E-state index < -0.39 is 0 Å². The second kappa shape index (κ2) is 10.2. The Kier molecular flexibility index (Phi) is 7.35. The van der Waals surface area contributed by atoms with Crippen LogP contribution in [0.3, 0.4) is 0 Å². The molecule has 8 heteroatoms. The van der Waals surface area contributed by atoms with E-state index in [4.69, 9.17) is 9.47 Å². The molecule has 1 aromatic heterocycles. The second-order valence-corrected chi connectivity index (χ2v) is 7.66. The highest BCUT2D eigenvalue weighted by atomic mass is 32.2. The van der Waals surface area contributed by atoms with Gasteiger partial charge in [-0.3, -0.25) is 4.79 Å². The van der Waals surface area contributed by atoms with Crippen LogP contribution in [-0.2, 0) is 17.9 Å². The van der Waals surface area contributed by atoms with Crippen molar-refractivity contribution in [1.82, 2.24) is 14.8 Å². The molecular weight excluding hydrogens is 400 g/mol. The number of anilines is 1. The molecule has 3 rings (SSSR count). The van der Waals surface area contributed by atoms with E-state index in [0.717, 1.165) is 22.7 Å². The van der Waals surface area contributed by atoms with Crippen LogP contribution < -0.4 is 14.8 Å². The number of methoxy groups -OCH3 is 1. The van der Waals surface area contributed by atoms with Crippen LogP contribution in [0.25, 0.3) is 0 Å². The van der Waals surface area contributed by atoms with Gasteiger partial charge >= 0.3 is 0 Å². The van der Waals surface area contributed by atoms with E-state index in [1.54, 1.807) is 13.2 Å². The molecule has 0 radical (unpaired) electrons. The van der Waals surface area contributed by atoms with Crippen LogP contribution in [0.4, 0.5) is 5.69 Å². The predicted molar refractivity (Wildman–Crippen MR) is 118 cm³/mol. The normalized spacial score (nSPS) is 10.7. The topological polar surface area (TPSA) is 78.3 Å². The van der Waals surface area contributed by atoms with Gasteiger partial charge in [0.25, 0.3) is 0 Å². The van der Waals surface area contributed by atoms with Gasteiger partial charge in [-0.15, -0.1) is 10.2 Å². The average molecular weight is 427 g/mol. The number of carbonyl (C=O) groups excluding carboxylic acids is 1. The van der Waals surface area contributed by atoms with Gasteiger partial charge in [0, 0.05) is 18.3 Å². The third kappa shape index (κ3) is 5.33. The van der Waals surface area contributed by atoms with E-state index in [2.05, 4.69) is 15.5 Å². The summed E-state index contributed by atoms with van der Waals surface area (Å²) in [7, 11) is 1.59. The SMILES string of the molecule is CCn1c(COc2c(C)cccc2C)nnc1SCC(=O)Nc1cccc(OC)c1. The summed E-state index contributed by atoms with van der Waals surface area (Å²) in [5.74, 6) is 2.41. The van der Waals surface area contributed by atoms with Crippen LogP contribution in [-0.4, -0.2) is 33.5 Å². The Bertz CT molecular complexity index is 999. The summed E-state index contributed by atoms with van der Waals surface area (Å²) in [6, 6.07) is 13.3. The van der Waals surface area contributed by atoms with Crippen LogP contribution in [0.2, 0.25) is 0 Å². The first-order valence-electron chi connectivity index (χ1n) is 9.69. The Balaban J connectivity index is 1.60. The number of nitrogens with one attached hydrogen (secondary N) is 1. The number of ether oxygens (including phenoxy) is 2. The molecule has 3 aromatic rings. The maximum atomic E-state index is 12.3. The molecule has 0 aliphatic carbocycles. The molecule has 0 aliphatic rings. The van der Waals surface area contributed by atoms with Crippen molar-refractivity contribution in [3.05, 3.63) is 59.4 Å². The van der Waals surface area contributed by atoms with Crippen LogP contribution in [0.1, 0.15) is 23.9 Å². The van der Waals surface area contributed by atoms with E-state index >= 15 is 0 Å². The largest absolute Gasteiger partial charge is 0.497 e. The van der Waals surface area contributed by atoms with Gasteiger partial charge in [-0.1, -0.05) is 36.0 Å². The summed E-state index contributed by atoms with van der Waals surface area (Å²) >= 11 is 1.35. The molecule has 158 valence electrons. The van der Waals surface area contributed by atoms with Crippen molar-refractivity contribution in [2.45, 2.75) is 39.1 Å². The number of aryl methyl sites for hydroxylation is 2. The first kappa shape index (κ1) is 21.7. The van der Waals surface area contributed by atoms with Gasteiger partial charge < -0.3 is 19.4 Å². The summed E-state index contributed by atoms with van der Waals surface area (Å²) in [5, 5.41) is 12.1. The number of hydrogen-bond acceptors (Lipinski definition) is 6. The number of aromatic nitrogens is 3. The van der Waals surface area contributed by atoms with Crippen molar-refractivity contribution in [2.24, 2.45) is 0 Å². The minimum absolute atomic E-state index is 0.118. The number of benzene rings is 2. The van der Waals surface area contributed by atoms with Crippen molar-refractivity contribution in [2.75, 3.05) is 18.2 Å². The van der Waals surface area contributed by atoms with Crippen molar-refractivity contribution < 1.29 is 14.3 Å². The minimum Gasteiger partial charge on any atom is -0.497 e. The third-order valence-electron chi connectivity index (χ3n) is 4.55. The van der Waals surface area contributed by atoms with Gasteiger partial charge in [-0.2, -0.15) is 0 Å². The number of rotatable bonds is 9. The maximum Gasteiger partial charge on any atom is 0.234 e. The lowest BCUT2D eigenvalue weighted by Gasteiger charge is -2.12. The Hall–Kier alpha value is -3.00. The molecular formula is C22H26N4O3S. The molecule has 0 aliphatic heterocycles. The second-order valence-electron chi connectivity index (χ2n) is 6.72. The van der Waals surface area contributed by atoms with Gasteiger partial charge in [-0.25, -0.2) is 0 Å². The summed E-state index contributed by atoms with van der Waals surface area (Å²) in [5.41, 5.74) is 2.86. The molecule has 0 unspecified atom stereocenters. The quantitative estimate of drug-likeness (QED) is 0.516. The third-order valence-corrected chi connectivity index (χ3v) is 5.52. The number of para-hydroxylation sites is 1. The van der Waals surface area contributed by atoms with Crippen molar-refractivity contribution in [1.29, 1.82) is 0 Å². The molecule has 0 saturated carbocycles. The van der Waals surface area contributed by atoms with E-state index in [9.17, 15) is 4.79 Å². The van der Waals surface area contributed by atoms with Gasteiger partial charge in [0.1, 0.15) is 18.1 Å². The Morgan fingerprint density at radius 1 is 1.13 bits per heavy atom. The molecule has 1 amide bonds. The van der Waals surface area contributed by atoms with Crippen LogP contribution >= 0.6 is 11.8 Å². The lowest BCUT2D eigenvalue weighted by Crippen LogP contribution is -2.15. The molecule has 1 N–H and O–H groups in total. The fourth-order valence-corrected chi connectivity index (χ4v) is 3.86. The average Bonchev–Trinajstić information content (AvgIpc) is 3.14. The van der Waals surface area contributed by atoms with Gasteiger partial charge in [0.15, 0.2) is 11.0 Å². The van der Waals surface area contributed by atoms with Crippen LogP contribution in [0.15, 0.2) is 47.6 Å². The summed E-state index contributed by atoms with van der Waals surface area (Å²) in [6.45, 7) is 7.08. The molecule has 30 heavy (non-hydrogen) atoms. The van der Waals surface area contributed by atoms with E-state index in [-0.39, 0.29) is 11.7 Å². The first-order chi connectivity index (χ1) is 14.5. The van der Waals surface area contributed by atoms with E-state index in [1.807, 2.05) is 61.7 Å². The van der Waals surface area contributed by atoms with Gasteiger partial charge in [0.2, 0.25) is 5.91 Å². The standard InChI is InChI=1S/C22H26N4O3S/c1-5-26-19(13-29-21-15(2)8-6-9-16(21)3)24-25-22(26)30-14-20(27)23-17-10-7-11-18(12-17)28-4/h6-12H,5,13-14H2,1-4H3,(H,23,27).